The molecule has 0 amide bonds. The van der Waals surface area contributed by atoms with Crippen LogP contribution in [-0.4, -0.2) is 13.5 Å². The van der Waals surface area contributed by atoms with Crippen molar-refractivity contribution >= 4 is 8.32 Å². The summed E-state index contributed by atoms with van der Waals surface area (Å²) in [5.41, 5.74) is 0. The first-order valence-corrected chi connectivity index (χ1v) is 8.23. The Morgan fingerprint density at radius 2 is 2.00 bits per heavy atom. The molecule has 4 heteroatoms. The quantitative estimate of drug-likeness (QED) is 0.738. The maximum atomic E-state index is 6.15. The standard InChI is InChI=1S/C11H21NO2Si/c1-9(10-7-8-12-13-10)14-15(5,6)11(2,3)4/h7-9H,1-6H3. The van der Waals surface area contributed by atoms with Crippen molar-refractivity contribution in [1.82, 2.24) is 5.16 Å². The van der Waals surface area contributed by atoms with Crippen LogP contribution >= 0.6 is 0 Å². The molecule has 0 radical (unpaired) electrons. The van der Waals surface area contributed by atoms with Crippen molar-refractivity contribution in [3.63, 3.8) is 0 Å². The largest absolute Gasteiger partial charge is 0.407 e. The Bertz CT molecular complexity index is 301. The van der Waals surface area contributed by atoms with E-state index in [-0.39, 0.29) is 11.1 Å². The summed E-state index contributed by atoms with van der Waals surface area (Å²) in [4.78, 5) is 0. The minimum atomic E-state index is -1.71. The first kappa shape index (κ1) is 12.5. The van der Waals surface area contributed by atoms with E-state index >= 15 is 0 Å². The van der Waals surface area contributed by atoms with Crippen molar-refractivity contribution in [3.8, 4) is 0 Å². The van der Waals surface area contributed by atoms with Crippen molar-refractivity contribution in [1.29, 1.82) is 0 Å². The Balaban J connectivity index is 2.70. The molecular formula is C11H21NO2Si. The van der Waals surface area contributed by atoms with Gasteiger partial charge in [0.15, 0.2) is 14.1 Å². The van der Waals surface area contributed by atoms with Gasteiger partial charge < -0.3 is 8.95 Å². The van der Waals surface area contributed by atoms with Gasteiger partial charge in [-0.05, 0) is 25.1 Å². The topological polar surface area (TPSA) is 35.3 Å². The molecule has 0 aliphatic carbocycles. The average molecular weight is 227 g/mol. The summed E-state index contributed by atoms with van der Waals surface area (Å²) in [6, 6.07) is 1.86. The van der Waals surface area contributed by atoms with Crippen LogP contribution in [0.15, 0.2) is 16.8 Å². The number of aromatic nitrogens is 1. The SMILES string of the molecule is CC(O[Si](C)(C)C(C)(C)C)c1ccno1. The number of hydrogen-bond acceptors (Lipinski definition) is 3. The summed E-state index contributed by atoms with van der Waals surface area (Å²) in [6.45, 7) is 13.2. The molecule has 0 N–H and O–H groups in total. The monoisotopic (exact) mass is 227 g/mol. The molecule has 3 nitrogen and oxygen atoms in total. The highest BCUT2D eigenvalue weighted by Gasteiger charge is 2.39. The van der Waals surface area contributed by atoms with Crippen LogP contribution in [0.2, 0.25) is 18.1 Å². The maximum Gasteiger partial charge on any atom is 0.193 e. The smallest absolute Gasteiger partial charge is 0.193 e. The van der Waals surface area contributed by atoms with Gasteiger partial charge in [0, 0.05) is 6.07 Å². The minimum absolute atomic E-state index is 0.00612. The highest BCUT2D eigenvalue weighted by molar-refractivity contribution is 6.74. The second kappa shape index (κ2) is 4.10. The van der Waals surface area contributed by atoms with E-state index in [9.17, 15) is 0 Å². The lowest BCUT2D eigenvalue weighted by Crippen LogP contribution is -2.41. The number of hydrogen-bond donors (Lipinski definition) is 0. The van der Waals surface area contributed by atoms with E-state index in [4.69, 9.17) is 8.95 Å². The van der Waals surface area contributed by atoms with E-state index in [1.54, 1.807) is 6.20 Å². The van der Waals surface area contributed by atoms with E-state index in [1.807, 2.05) is 13.0 Å². The highest BCUT2D eigenvalue weighted by Crippen LogP contribution is 2.39. The van der Waals surface area contributed by atoms with Gasteiger partial charge in [-0.2, -0.15) is 0 Å². The normalized spacial score (nSPS) is 15.3. The fraction of sp³-hybridized carbons (Fsp3) is 0.727. The van der Waals surface area contributed by atoms with E-state index in [2.05, 4.69) is 39.0 Å². The van der Waals surface area contributed by atoms with Gasteiger partial charge in [0.05, 0.1) is 6.20 Å². The third-order valence-corrected chi connectivity index (χ3v) is 7.69. The van der Waals surface area contributed by atoms with Crippen LogP contribution in [0.25, 0.3) is 0 Å². The molecule has 1 heterocycles. The lowest BCUT2D eigenvalue weighted by atomic mass is 10.2. The molecule has 0 bridgehead atoms. The summed E-state index contributed by atoms with van der Waals surface area (Å²) < 4.78 is 11.3. The van der Waals surface area contributed by atoms with Crippen LogP contribution in [0.1, 0.15) is 39.6 Å². The molecule has 1 aromatic rings. The van der Waals surface area contributed by atoms with E-state index < -0.39 is 8.32 Å². The maximum absolute atomic E-state index is 6.15. The Labute approximate surface area is 92.9 Å². The van der Waals surface area contributed by atoms with Gasteiger partial charge in [-0.1, -0.05) is 25.9 Å². The third-order valence-electron chi connectivity index (χ3n) is 3.14. The zero-order chi connectivity index (χ0) is 11.7. The fourth-order valence-corrected chi connectivity index (χ4v) is 2.47. The first-order valence-electron chi connectivity index (χ1n) is 5.32. The summed E-state index contributed by atoms with van der Waals surface area (Å²) in [5.74, 6) is 0.805. The molecule has 15 heavy (non-hydrogen) atoms. The van der Waals surface area contributed by atoms with Crippen molar-refractivity contribution < 1.29 is 8.95 Å². The summed E-state index contributed by atoms with van der Waals surface area (Å²) in [5, 5.41) is 3.92. The Morgan fingerprint density at radius 1 is 1.40 bits per heavy atom. The van der Waals surface area contributed by atoms with Crippen LogP contribution in [0, 0.1) is 0 Å². The second-order valence-corrected chi connectivity index (χ2v) is 10.2. The molecular weight excluding hydrogens is 206 g/mol. The van der Waals surface area contributed by atoms with Gasteiger partial charge >= 0.3 is 0 Å². The predicted octanol–water partition coefficient (Wildman–Crippen LogP) is 3.76. The molecule has 86 valence electrons. The van der Waals surface area contributed by atoms with E-state index in [0.29, 0.717) is 0 Å². The van der Waals surface area contributed by atoms with Crippen molar-refractivity contribution in [2.75, 3.05) is 0 Å². The van der Waals surface area contributed by atoms with Crippen molar-refractivity contribution in [2.24, 2.45) is 0 Å². The highest BCUT2D eigenvalue weighted by atomic mass is 28.4. The molecule has 1 atom stereocenters. The fourth-order valence-electron chi connectivity index (χ4n) is 1.11. The molecule has 0 aromatic carbocycles. The molecule has 0 saturated heterocycles. The summed E-state index contributed by atoms with van der Waals surface area (Å²) in [6.07, 6.45) is 1.65. The third kappa shape index (κ3) is 2.92. The molecule has 1 unspecified atom stereocenters. The molecule has 0 aliphatic rings. The van der Waals surface area contributed by atoms with Crippen LogP contribution in [-0.2, 0) is 4.43 Å². The summed E-state index contributed by atoms with van der Waals surface area (Å²) >= 11 is 0. The molecule has 1 aromatic heterocycles. The zero-order valence-corrected chi connectivity index (χ0v) is 11.5. The number of rotatable bonds is 3. The van der Waals surface area contributed by atoms with Crippen LogP contribution in [0.5, 0.6) is 0 Å². The van der Waals surface area contributed by atoms with Crippen molar-refractivity contribution in [3.05, 3.63) is 18.0 Å². The van der Waals surface area contributed by atoms with Gasteiger partial charge in [0.1, 0.15) is 6.10 Å². The van der Waals surface area contributed by atoms with Crippen molar-refractivity contribution in [2.45, 2.75) is 51.9 Å². The molecule has 0 spiro atoms. The summed E-state index contributed by atoms with van der Waals surface area (Å²) in [7, 11) is -1.71. The average Bonchev–Trinajstić information content (AvgIpc) is 2.51. The van der Waals surface area contributed by atoms with E-state index in [0.717, 1.165) is 5.76 Å². The molecule has 0 fully saturated rings. The van der Waals surface area contributed by atoms with Crippen LogP contribution in [0.4, 0.5) is 0 Å². The molecule has 0 aliphatic heterocycles. The lowest BCUT2D eigenvalue weighted by molar-refractivity contribution is 0.164. The molecule has 0 saturated carbocycles. The van der Waals surface area contributed by atoms with Crippen LogP contribution < -0.4 is 0 Å². The Kier molecular flexibility index (Phi) is 3.40. The van der Waals surface area contributed by atoms with Gasteiger partial charge in [-0.15, -0.1) is 0 Å². The van der Waals surface area contributed by atoms with Gasteiger partial charge in [-0.25, -0.2) is 0 Å². The number of nitrogens with zero attached hydrogens (tertiary/aromatic N) is 1. The van der Waals surface area contributed by atoms with Gasteiger partial charge in [0.25, 0.3) is 0 Å². The predicted molar refractivity (Wildman–Crippen MR) is 63.2 cm³/mol. The van der Waals surface area contributed by atoms with Gasteiger partial charge in [0.2, 0.25) is 0 Å². The Morgan fingerprint density at radius 3 is 2.40 bits per heavy atom. The minimum Gasteiger partial charge on any atom is -0.407 e. The molecule has 1 rings (SSSR count). The lowest BCUT2D eigenvalue weighted by Gasteiger charge is -2.37. The second-order valence-electron chi connectivity index (χ2n) is 5.44. The van der Waals surface area contributed by atoms with Gasteiger partial charge in [-0.3, -0.25) is 0 Å². The first-order chi connectivity index (χ1) is 6.74. The zero-order valence-electron chi connectivity index (χ0n) is 10.5. The Hall–Kier alpha value is -0.613. The van der Waals surface area contributed by atoms with Crippen LogP contribution in [0.3, 0.4) is 0 Å². The van der Waals surface area contributed by atoms with E-state index in [1.165, 1.54) is 0 Å².